The van der Waals surface area contributed by atoms with E-state index in [4.69, 9.17) is 0 Å². The van der Waals surface area contributed by atoms with Crippen LogP contribution in [0.4, 0.5) is 5.82 Å². The predicted molar refractivity (Wildman–Crippen MR) is 94.9 cm³/mol. The van der Waals surface area contributed by atoms with Crippen LogP contribution < -0.4 is 0 Å². The molecule has 1 aromatic carbocycles. The van der Waals surface area contributed by atoms with Gasteiger partial charge in [0.2, 0.25) is 5.91 Å². The summed E-state index contributed by atoms with van der Waals surface area (Å²) in [5, 5.41) is 14.4. The van der Waals surface area contributed by atoms with Crippen LogP contribution in [0.3, 0.4) is 0 Å². The van der Waals surface area contributed by atoms with Crippen molar-refractivity contribution in [2.45, 2.75) is 13.1 Å². The second kappa shape index (κ2) is 7.75. The fraction of sp³-hybridized carbons (Fsp3) is 0.375. The first kappa shape index (κ1) is 17.6. The molecule has 0 saturated carbocycles. The molecular weight excluding hydrogens is 390 g/mol. The van der Waals surface area contributed by atoms with Gasteiger partial charge >= 0.3 is 5.82 Å². The van der Waals surface area contributed by atoms with E-state index in [1.807, 2.05) is 18.2 Å². The smallest absolute Gasteiger partial charge is 0.358 e. The monoisotopic (exact) mass is 407 g/mol. The summed E-state index contributed by atoms with van der Waals surface area (Å²) in [5.41, 5.74) is 1.23. The first-order valence-electron chi connectivity index (χ1n) is 7.94. The quantitative estimate of drug-likeness (QED) is 0.558. The Labute approximate surface area is 153 Å². The number of aromatic nitrogens is 2. The summed E-state index contributed by atoms with van der Waals surface area (Å²) in [4.78, 5) is 26.5. The fourth-order valence-corrected chi connectivity index (χ4v) is 3.21. The van der Waals surface area contributed by atoms with Crippen LogP contribution in [-0.4, -0.2) is 56.6 Å². The fourth-order valence-electron chi connectivity index (χ4n) is 2.80. The van der Waals surface area contributed by atoms with E-state index in [1.54, 1.807) is 4.90 Å². The van der Waals surface area contributed by atoms with E-state index in [0.717, 1.165) is 24.1 Å². The van der Waals surface area contributed by atoms with Crippen molar-refractivity contribution in [3.8, 4) is 0 Å². The molecule has 0 unspecified atom stereocenters. The van der Waals surface area contributed by atoms with Crippen molar-refractivity contribution in [2.75, 3.05) is 26.2 Å². The van der Waals surface area contributed by atoms with Crippen LogP contribution in [0, 0.1) is 10.1 Å². The minimum absolute atomic E-state index is 0.0259. The Balaban J connectivity index is 1.50. The summed E-state index contributed by atoms with van der Waals surface area (Å²) in [5.74, 6) is -0.315. The number of piperazine rings is 1. The van der Waals surface area contributed by atoms with Gasteiger partial charge < -0.3 is 15.0 Å². The SMILES string of the molecule is O=C(Cn1ccc([N+](=O)[O-])n1)N1CCN(Cc2ccccc2Br)CC1. The van der Waals surface area contributed by atoms with Crippen molar-refractivity contribution in [3.05, 3.63) is 56.7 Å². The summed E-state index contributed by atoms with van der Waals surface area (Å²) < 4.78 is 2.40. The molecule has 132 valence electrons. The lowest BCUT2D eigenvalue weighted by atomic mass is 10.2. The molecule has 1 aliphatic rings. The minimum Gasteiger partial charge on any atom is -0.358 e. The maximum Gasteiger partial charge on any atom is 0.389 e. The third kappa shape index (κ3) is 4.43. The van der Waals surface area contributed by atoms with E-state index in [0.29, 0.717) is 13.1 Å². The van der Waals surface area contributed by atoms with Gasteiger partial charge in [-0.3, -0.25) is 9.69 Å². The van der Waals surface area contributed by atoms with E-state index in [2.05, 4.69) is 32.0 Å². The average molecular weight is 408 g/mol. The van der Waals surface area contributed by atoms with Crippen LogP contribution in [-0.2, 0) is 17.9 Å². The number of benzene rings is 1. The van der Waals surface area contributed by atoms with Crippen LogP contribution in [0.1, 0.15) is 5.56 Å². The van der Waals surface area contributed by atoms with Crippen molar-refractivity contribution < 1.29 is 9.72 Å². The third-order valence-electron chi connectivity index (χ3n) is 4.19. The molecular formula is C16H18BrN5O3. The molecule has 1 aliphatic heterocycles. The maximum absolute atomic E-state index is 12.3. The Morgan fingerprint density at radius 2 is 1.92 bits per heavy atom. The Hall–Kier alpha value is -2.26. The average Bonchev–Trinajstić information content (AvgIpc) is 3.06. The summed E-state index contributed by atoms with van der Waals surface area (Å²) in [6.07, 6.45) is 1.46. The maximum atomic E-state index is 12.3. The van der Waals surface area contributed by atoms with Crippen molar-refractivity contribution in [1.82, 2.24) is 19.6 Å². The number of hydrogen-bond acceptors (Lipinski definition) is 5. The Bertz CT molecular complexity index is 771. The van der Waals surface area contributed by atoms with Gasteiger partial charge in [0.1, 0.15) is 6.54 Å². The van der Waals surface area contributed by atoms with Crippen LogP contribution in [0.5, 0.6) is 0 Å². The second-order valence-corrected chi connectivity index (χ2v) is 6.73. The van der Waals surface area contributed by atoms with Gasteiger partial charge in [-0.05, 0) is 16.6 Å². The van der Waals surface area contributed by atoms with Crippen LogP contribution >= 0.6 is 15.9 Å². The van der Waals surface area contributed by atoms with E-state index < -0.39 is 4.92 Å². The van der Waals surface area contributed by atoms with E-state index in [1.165, 1.54) is 22.5 Å². The summed E-state index contributed by atoms with van der Waals surface area (Å²) >= 11 is 3.56. The number of hydrogen-bond donors (Lipinski definition) is 0. The van der Waals surface area contributed by atoms with Gasteiger partial charge in [0.25, 0.3) is 0 Å². The van der Waals surface area contributed by atoms with Crippen LogP contribution in [0.15, 0.2) is 41.0 Å². The molecule has 8 nitrogen and oxygen atoms in total. The van der Waals surface area contributed by atoms with E-state index in [9.17, 15) is 14.9 Å². The number of nitrogens with zero attached hydrogens (tertiary/aromatic N) is 5. The first-order chi connectivity index (χ1) is 12.0. The van der Waals surface area contributed by atoms with Crippen molar-refractivity contribution in [3.63, 3.8) is 0 Å². The Morgan fingerprint density at radius 1 is 1.20 bits per heavy atom. The molecule has 1 fully saturated rings. The molecule has 0 N–H and O–H groups in total. The van der Waals surface area contributed by atoms with Crippen molar-refractivity contribution in [2.24, 2.45) is 0 Å². The molecule has 0 spiro atoms. The number of nitro groups is 1. The largest absolute Gasteiger partial charge is 0.389 e. The van der Waals surface area contributed by atoms with E-state index in [-0.39, 0.29) is 18.3 Å². The highest BCUT2D eigenvalue weighted by atomic mass is 79.9. The van der Waals surface area contributed by atoms with Gasteiger partial charge in [0, 0.05) is 37.2 Å². The zero-order chi connectivity index (χ0) is 17.8. The molecule has 25 heavy (non-hydrogen) atoms. The van der Waals surface area contributed by atoms with Crippen LogP contribution in [0.25, 0.3) is 0 Å². The highest BCUT2D eigenvalue weighted by Gasteiger charge is 2.23. The Kier molecular flexibility index (Phi) is 5.44. The zero-order valence-electron chi connectivity index (χ0n) is 13.5. The topological polar surface area (TPSA) is 84.5 Å². The molecule has 0 aliphatic carbocycles. The van der Waals surface area contributed by atoms with Gasteiger partial charge in [-0.1, -0.05) is 34.1 Å². The van der Waals surface area contributed by atoms with E-state index >= 15 is 0 Å². The van der Waals surface area contributed by atoms with Gasteiger partial charge in [0.15, 0.2) is 0 Å². The summed E-state index contributed by atoms with van der Waals surface area (Å²) in [6, 6.07) is 9.42. The van der Waals surface area contributed by atoms with Gasteiger partial charge in [-0.15, -0.1) is 0 Å². The molecule has 9 heteroatoms. The number of halogens is 1. The number of carbonyl (C=O) groups excluding carboxylic acids is 1. The lowest BCUT2D eigenvalue weighted by Crippen LogP contribution is -2.49. The molecule has 3 rings (SSSR count). The third-order valence-corrected chi connectivity index (χ3v) is 4.96. The normalized spacial score (nSPS) is 15.3. The standard InChI is InChI=1S/C16H18BrN5O3/c17-14-4-2-1-3-13(14)11-19-7-9-20(10-8-19)16(23)12-21-6-5-15(18-21)22(24)25/h1-6H,7-12H2. The Morgan fingerprint density at radius 3 is 2.56 bits per heavy atom. The van der Waals surface area contributed by atoms with Gasteiger partial charge in [-0.2, -0.15) is 4.68 Å². The summed E-state index contributed by atoms with van der Waals surface area (Å²) in [7, 11) is 0. The molecule has 2 aromatic rings. The molecule has 0 bridgehead atoms. The molecule has 0 atom stereocenters. The molecule has 1 amide bonds. The predicted octanol–water partition coefficient (Wildman–Crippen LogP) is 1.90. The lowest BCUT2D eigenvalue weighted by Gasteiger charge is -2.34. The molecule has 0 radical (unpaired) electrons. The van der Waals surface area contributed by atoms with Gasteiger partial charge in [-0.25, -0.2) is 0 Å². The molecule has 2 heterocycles. The van der Waals surface area contributed by atoms with Crippen molar-refractivity contribution >= 4 is 27.7 Å². The first-order valence-corrected chi connectivity index (χ1v) is 8.73. The summed E-state index contributed by atoms with van der Waals surface area (Å²) in [6.45, 7) is 3.75. The van der Waals surface area contributed by atoms with Crippen LogP contribution in [0.2, 0.25) is 0 Å². The number of rotatable bonds is 5. The lowest BCUT2D eigenvalue weighted by molar-refractivity contribution is -0.389. The number of amides is 1. The van der Waals surface area contributed by atoms with Gasteiger partial charge in [0.05, 0.1) is 17.4 Å². The zero-order valence-corrected chi connectivity index (χ0v) is 15.1. The molecule has 1 aromatic heterocycles. The highest BCUT2D eigenvalue weighted by Crippen LogP contribution is 2.18. The second-order valence-electron chi connectivity index (χ2n) is 5.88. The van der Waals surface area contributed by atoms with Crippen molar-refractivity contribution in [1.29, 1.82) is 0 Å². The highest BCUT2D eigenvalue weighted by molar-refractivity contribution is 9.10. The minimum atomic E-state index is -0.568. The molecule has 1 saturated heterocycles. The number of carbonyl (C=O) groups is 1.